The SMILES string of the molecule is CC(C)N1CC2CC2(c2cc3ccc(N(C)C)cc3s2)C1.Cl.Cl. The molecule has 128 valence electrons. The first kappa shape index (κ1) is 18.9. The third kappa shape index (κ3) is 2.97. The lowest BCUT2D eigenvalue weighted by atomic mass is 10.0. The molecule has 23 heavy (non-hydrogen) atoms. The summed E-state index contributed by atoms with van der Waals surface area (Å²) >= 11 is 2.03. The van der Waals surface area contributed by atoms with Crippen LogP contribution in [-0.4, -0.2) is 38.1 Å². The number of halogens is 2. The number of benzene rings is 1. The first-order chi connectivity index (χ1) is 9.99. The zero-order valence-electron chi connectivity index (χ0n) is 14.2. The van der Waals surface area contributed by atoms with Gasteiger partial charge in [0, 0.05) is 53.9 Å². The molecule has 0 spiro atoms. The van der Waals surface area contributed by atoms with Gasteiger partial charge in [-0.15, -0.1) is 36.2 Å². The van der Waals surface area contributed by atoms with E-state index in [1.807, 2.05) is 11.3 Å². The molecule has 0 N–H and O–H groups in total. The highest BCUT2D eigenvalue weighted by atomic mass is 35.5. The number of hydrogen-bond donors (Lipinski definition) is 0. The molecule has 2 aromatic rings. The number of piperidine rings is 1. The van der Waals surface area contributed by atoms with Gasteiger partial charge in [-0.05, 0) is 49.8 Å². The molecule has 2 atom stereocenters. The molecule has 2 fully saturated rings. The monoisotopic (exact) mass is 372 g/mol. The van der Waals surface area contributed by atoms with E-state index in [0.717, 1.165) is 5.92 Å². The van der Waals surface area contributed by atoms with Crippen molar-refractivity contribution in [2.24, 2.45) is 5.92 Å². The van der Waals surface area contributed by atoms with Crippen molar-refractivity contribution in [3.8, 4) is 0 Å². The molecule has 1 aromatic carbocycles. The van der Waals surface area contributed by atoms with Crippen LogP contribution in [0.1, 0.15) is 25.1 Å². The fourth-order valence-corrected chi connectivity index (χ4v) is 5.21. The Labute approximate surface area is 155 Å². The van der Waals surface area contributed by atoms with Crippen LogP contribution in [-0.2, 0) is 5.41 Å². The molecule has 2 nitrogen and oxygen atoms in total. The number of fused-ring (bicyclic) bond motifs is 2. The smallest absolute Gasteiger partial charge is 0.0375 e. The van der Waals surface area contributed by atoms with Crippen LogP contribution in [0.25, 0.3) is 10.1 Å². The Morgan fingerprint density at radius 2 is 1.96 bits per heavy atom. The standard InChI is InChI=1S/C18H24N2S.2ClH/c1-12(2)20-10-14-9-18(14,11-20)17-7-13-5-6-15(19(3)4)8-16(13)21-17;;/h5-8,12,14H,9-11H2,1-4H3;2*1H. The fourth-order valence-electron chi connectivity index (χ4n) is 3.84. The molecule has 1 aromatic heterocycles. The molecule has 1 saturated heterocycles. The number of likely N-dealkylation sites (tertiary alicyclic amines) is 1. The second kappa shape index (κ2) is 6.44. The van der Waals surface area contributed by atoms with Crippen molar-refractivity contribution in [3.05, 3.63) is 29.1 Å². The molecule has 2 heterocycles. The van der Waals surface area contributed by atoms with Gasteiger partial charge in [-0.25, -0.2) is 0 Å². The fraction of sp³-hybridized carbons (Fsp3) is 0.556. The van der Waals surface area contributed by atoms with E-state index in [9.17, 15) is 0 Å². The molecule has 2 aliphatic rings. The van der Waals surface area contributed by atoms with E-state index in [1.165, 1.54) is 35.3 Å². The number of anilines is 1. The molecular weight excluding hydrogens is 347 g/mol. The lowest BCUT2D eigenvalue weighted by Gasteiger charge is -2.24. The second-order valence-electron chi connectivity index (χ2n) is 7.31. The largest absolute Gasteiger partial charge is 0.378 e. The maximum absolute atomic E-state index is 2.66. The lowest BCUT2D eigenvalue weighted by Crippen LogP contribution is -2.32. The molecule has 2 unspecified atom stereocenters. The lowest BCUT2D eigenvalue weighted by molar-refractivity contribution is 0.243. The average Bonchev–Trinajstić information content (AvgIpc) is 2.85. The van der Waals surface area contributed by atoms with Crippen LogP contribution in [0.2, 0.25) is 0 Å². The van der Waals surface area contributed by atoms with Gasteiger partial charge in [-0.3, -0.25) is 4.90 Å². The van der Waals surface area contributed by atoms with Crippen LogP contribution >= 0.6 is 36.2 Å². The Morgan fingerprint density at radius 3 is 2.57 bits per heavy atom. The quantitative estimate of drug-likeness (QED) is 0.763. The van der Waals surface area contributed by atoms with Gasteiger partial charge in [0.15, 0.2) is 0 Å². The van der Waals surface area contributed by atoms with Gasteiger partial charge in [0.1, 0.15) is 0 Å². The van der Waals surface area contributed by atoms with E-state index in [0.29, 0.717) is 11.5 Å². The highest BCUT2D eigenvalue weighted by Gasteiger charge is 2.61. The summed E-state index contributed by atoms with van der Waals surface area (Å²) in [5.74, 6) is 0.904. The van der Waals surface area contributed by atoms with Crippen molar-refractivity contribution in [3.63, 3.8) is 0 Å². The summed E-state index contributed by atoms with van der Waals surface area (Å²) in [6.45, 7) is 7.22. The van der Waals surface area contributed by atoms with Gasteiger partial charge < -0.3 is 4.90 Å². The van der Waals surface area contributed by atoms with Crippen molar-refractivity contribution in [1.82, 2.24) is 4.90 Å². The molecule has 5 heteroatoms. The summed E-state index contributed by atoms with van der Waals surface area (Å²) in [6, 6.07) is 10.0. The minimum atomic E-state index is 0. The molecule has 0 amide bonds. The highest BCUT2D eigenvalue weighted by Crippen LogP contribution is 2.61. The van der Waals surface area contributed by atoms with Crippen molar-refractivity contribution in [2.75, 3.05) is 32.1 Å². The van der Waals surface area contributed by atoms with E-state index < -0.39 is 0 Å². The Kier molecular flexibility index (Phi) is 5.28. The molecule has 0 radical (unpaired) electrons. The summed E-state index contributed by atoms with van der Waals surface area (Å²) < 4.78 is 1.44. The van der Waals surface area contributed by atoms with Crippen LogP contribution in [0.5, 0.6) is 0 Å². The van der Waals surface area contributed by atoms with E-state index in [1.54, 1.807) is 4.88 Å². The summed E-state index contributed by atoms with van der Waals surface area (Å²) in [4.78, 5) is 6.47. The summed E-state index contributed by atoms with van der Waals surface area (Å²) in [5.41, 5.74) is 1.79. The summed E-state index contributed by atoms with van der Waals surface area (Å²) in [6.07, 6.45) is 1.41. The van der Waals surface area contributed by atoms with Gasteiger partial charge in [0.2, 0.25) is 0 Å². The highest BCUT2D eigenvalue weighted by molar-refractivity contribution is 7.19. The third-order valence-corrected chi connectivity index (χ3v) is 6.73. The topological polar surface area (TPSA) is 6.48 Å². The van der Waals surface area contributed by atoms with E-state index >= 15 is 0 Å². The van der Waals surface area contributed by atoms with Crippen molar-refractivity contribution in [2.45, 2.75) is 31.7 Å². The Balaban J connectivity index is 0.000000960. The maximum atomic E-state index is 2.66. The van der Waals surface area contributed by atoms with Crippen LogP contribution in [0, 0.1) is 5.92 Å². The van der Waals surface area contributed by atoms with Crippen LogP contribution in [0.4, 0.5) is 5.69 Å². The minimum absolute atomic E-state index is 0. The predicted octanol–water partition coefficient (Wildman–Crippen LogP) is 4.79. The van der Waals surface area contributed by atoms with Crippen LogP contribution in [0.3, 0.4) is 0 Å². The first-order valence-corrected chi connectivity index (χ1v) is 8.77. The van der Waals surface area contributed by atoms with Gasteiger partial charge in [0.25, 0.3) is 0 Å². The van der Waals surface area contributed by atoms with Gasteiger partial charge in [-0.1, -0.05) is 6.07 Å². The van der Waals surface area contributed by atoms with Gasteiger partial charge in [0.05, 0.1) is 0 Å². The van der Waals surface area contributed by atoms with Gasteiger partial charge >= 0.3 is 0 Å². The van der Waals surface area contributed by atoms with Crippen LogP contribution < -0.4 is 4.90 Å². The summed E-state index contributed by atoms with van der Waals surface area (Å²) in [5, 5.41) is 1.42. The molecule has 4 rings (SSSR count). The average molecular weight is 373 g/mol. The number of hydrogen-bond acceptors (Lipinski definition) is 3. The van der Waals surface area contributed by atoms with E-state index in [4.69, 9.17) is 0 Å². The Bertz CT molecular complexity index is 697. The second-order valence-corrected chi connectivity index (χ2v) is 8.39. The van der Waals surface area contributed by atoms with Crippen molar-refractivity contribution in [1.29, 1.82) is 0 Å². The number of nitrogens with zero attached hydrogens (tertiary/aromatic N) is 2. The summed E-state index contributed by atoms with van der Waals surface area (Å²) in [7, 11) is 4.23. The Hall–Kier alpha value is -0.480. The minimum Gasteiger partial charge on any atom is -0.378 e. The molecular formula is C18H26Cl2N2S. The van der Waals surface area contributed by atoms with Crippen molar-refractivity contribution >= 4 is 51.9 Å². The van der Waals surface area contributed by atoms with E-state index in [-0.39, 0.29) is 24.8 Å². The number of thiophene rings is 1. The van der Waals surface area contributed by atoms with Crippen LogP contribution in [0.15, 0.2) is 24.3 Å². The van der Waals surface area contributed by atoms with E-state index in [2.05, 4.69) is 62.0 Å². The maximum Gasteiger partial charge on any atom is 0.0375 e. The molecule has 1 saturated carbocycles. The third-order valence-electron chi connectivity index (χ3n) is 5.41. The Morgan fingerprint density at radius 1 is 1.22 bits per heavy atom. The predicted molar refractivity (Wildman–Crippen MR) is 107 cm³/mol. The zero-order valence-corrected chi connectivity index (χ0v) is 16.7. The zero-order chi connectivity index (χ0) is 14.8. The number of rotatable bonds is 3. The normalized spacial score (nSPS) is 25.9. The van der Waals surface area contributed by atoms with Crippen molar-refractivity contribution < 1.29 is 0 Å². The molecule has 0 bridgehead atoms. The van der Waals surface area contributed by atoms with Gasteiger partial charge in [-0.2, -0.15) is 0 Å². The molecule has 1 aliphatic carbocycles. The molecule has 1 aliphatic heterocycles. The first-order valence-electron chi connectivity index (χ1n) is 7.95.